The summed E-state index contributed by atoms with van der Waals surface area (Å²) in [4.78, 5) is 10.8. The van der Waals surface area contributed by atoms with Gasteiger partial charge in [0.05, 0.1) is 5.56 Å². The summed E-state index contributed by atoms with van der Waals surface area (Å²) in [7, 11) is 0. The first-order valence-electron chi connectivity index (χ1n) is 9.90. The van der Waals surface area contributed by atoms with Gasteiger partial charge in [-0.3, -0.25) is 0 Å². The number of aromatic nitrogens is 2. The van der Waals surface area contributed by atoms with Crippen LogP contribution in [-0.4, -0.2) is 58.1 Å². The molecule has 2 N–H and O–H groups in total. The molecular weight excluding hydrogens is 433 g/mol. The molecule has 5 heterocycles. The summed E-state index contributed by atoms with van der Waals surface area (Å²) in [5, 5.41) is 16.0. The summed E-state index contributed by atoms with van der Waals surface area (Å²) in [5.74, 6) is -0.102. The second-order valence-corrected chi connectivity index (χ2v) is 9.41. The molecule has 0 aliphatic carbocycles. The Morgan fingerprint density at radius 3 is 2.58 bits per heavy atom. The molecule has 3 fully saturated rings. The maximum absolute atomic E-state index is 13.6. The van der Waals surface area contributed by atoms with E-state index in [1.807, 2.05) is 4.90 Å². The van der Waals surface area contributed by atoms with E-state index < -0.39 is 17.9 Å². The van der Waals surface area contributed by atoms with Crippen molar-refractivity contribution in [2.24, 2.45) is 0 Å². The van der Waals surface area contributed by atoms with Gasteiger partial charge in [0, 0.05) is 36.8 Å². The van der Waals surface area contributed by atoms with Crippen molar-refractivity contribution in [1.82, 2.24) is 15.3 Å². The lowest BCUT2D eigenvalue weighted by atomic mass is 9.92. The zero-order valence-electron chi connectivity index (χ0n) is 16.8. The van der Waals surface area contributed by atoms with Crippen LogP contribution in [0.15, 0.2) is 28.1 Å². The summed E-state index contributed by atoms with van der Waals surface area (Å²) in [6.45, 7) is 3.54. The number of oxazole rings is 1. The van der Waals surface area contributed by atoms with Crippen molar-refractivity contribution in [3.8, 4) is 16.3 Å². The monoisotopic (exact) mass is 454 g/mol. The number of rotatable bonds is 5. The zero-order chi connectivity index (χ0) is 22.0. The van der Waals surface area contributed by atoms with Gasteiger partial charge in [0.15, 0.2) is 11.1 Å². The molecule has 2 bridgehead atoms. The predicted octanol–water partition coefficient (Wildman–Crippen LogP) is 3.58. The smallest absolute Gasteiger partial charge is 0.428 e. The Morgan fingerprint density at radius 1 is 1.29 bits per heavy atom. The number of aliphatic hydroxyl groups is 1. The molecule has 7 nitrogen and oxygen atoms in total. The second-order valence-electron chi connectivity index (χ2n) is 8.52. The van der Waals surface area contributed by atoms with Crippen molar-refractivity contribution >= 4 is 28.5 Å². The Hall–Kier alpha value is -2.37. The van der Waals surface area contributed by atoms with E-state index in [1.165, 1.54) is 17.4 Å². The Kier molecular flexibility index (Phi) is 4.68. The number of nitrogens with zero attached hydrogens (tertiary/aromatic N) is 3. The minimum Gasteiger partial charge on any atom is -0.475 e. The molecule has 0 amide bonds. The van der Waals surface area contributed by atoms with Crippen molar-refractivity contribution in [2.45, 2.75) is 50.2 Å². The molecular formula is C20H21F3N4O3S. The summed E-state index contributed by atoms with van der Waals surface area (Å²) in [6.07, 6.45) is -4.47. The molecule has 3 saturated heterocycles. The first-order chi connectivity index (χ1) is 14.6. The molecule has 3 aliphatic rings. The molecule has 0 spiro atoms. The molecule has 3 unspecified atom stereocenters. The topological polar surface area (TPSA) is 83.7 Å². The van der Waals surface area contributed by atoms with Crippen LogP contribution in [0.5, 0.6) is 5.75 Å². The van der Waals surface area contributed by atoms with Crippen molar-refractivity contribution < 1.29 is 27.4 Å². The number of hydrogen-bond acceptors (Lipinski definition) is 8. The first kappa shape index (κ1) is 20.5. The van der Waals surface area contributed by atoms with E-state index in [2.05, 4.69) is 15.3 Å². The first-order valence-corrected chi connectivity index (χ1v) is 10.8. The van der Waals surface area contributed by atoms with Gasteiger partial charge in [0.25, 0.3) is 6.01 Å². The lowest BCUT2D eigenvalue weighted by Crippen LogP contribution is -2.67. The average molecular weight is 454 g/mol. The second kappa shape index (κ2) is 7.07. The molecule has 1 aromatic carbocycles. The fourth-order valence-electron chi connectivity index (χ4n) is 4.14. The molecule has 3 aliphatic heterocycles. The highest BCUT2D eigenvalue weighted by molar-refractivity contribution is 7.13. The van der Waals surface area contributed by atoms with Crippen LogP contribution in [0.2, 0.25) is 0 Å². The van der Waals surface area contributed by atoms with Crippen molar-refractivity contribution in [3.63, 3.8) is 0 Å². The average Bonchev–Trinajstić information content (AvgIpc) is 3.33. The molecule has 166 valence electrons. The van der Waals surface area contributed by atoms with Gasteiger partial charge in [-0.2, -0.15) is 18.2 Å². The normalized spacial score (nSPS) is 22.5. The zero-order valence-corrected chi connectivity index (χ0v) is 17.6. The number of fused-ring (bicyclic) bond motifs is 3. The number of piperazine rings is 1. The molecule has 31 heavy (non-hydrogen) atoms. The Balaban J connectivity index is 1.59. The number of thiazole rings is 1. The third-order valence-electron chi connectivity index (χ3n) is 5.53. The van der Waals surface area contributed by atoms with Crippen LogP contribution in [0.25, 0.3) is 21.7 Å². The highest BCUT2D eigenvalue weighted by atomic mass is 32.1. The van der Waals surface area contributed by atoms with Gasteiger partial charge in [-0.1, -0.05) is 0 Å². The molecule has 11 heteroatoms. The summed E-state index contributed by atoms with van der Waals surface area (Å²) < 4.78 is 52.2. The molecule has 0 radical (unpaired) electrons. The Labute approximate surface area is 179 Å². The molecule has 0 saturated carbocycles. The predicted molar refractivity (Wildman–Crippen MR) is 109 cm³/mol. The van der Waals surface area contributed by atoms with E-state index >= 15 is 0 Å². The third kappa shape index (κ3) is 3.74. The van der Waals surface area contributed by atoms with Gasteiger partial charge in [-0.15, -0.1) is 11.3 Å². The minimum atomic E-state index is -4.77. The lowest BCUT2D eigenvalue weighted by molar-refractivity contribution is -0.239. The van der Waals surface area contributed by atoms with Crippen LogP contribution in [0.1, 0.15) is 20.3 Å². The van der Waals surface area contributed by atoms with E-state index in [0.717, 1.165) is 20.3 Å². The molecule has 3 aromatic rings. The number of ether oxygens (including phenoxy) is 1. The van der Waals surface area contributed by atoms with Gasteiger partial charge < -0.3 is 24.5 Å². The van der Waals surface area contributed by atoms with Crippen LogP contribution in [0.3, 0.4) is 0 Å². The number of alkyl halides is 3. The van der Waals surface area contributed by atoms with Crippen LogP contribution >= 0.6 is 11.3 Å². The van der Waals surface area contributed by atoms with Crippen molar-refractivity contribution in [2.75, 3.05) is 18.0 Å². The fourth-order valence-corrected chi connectivity index (χ4v) is 4.80. The highest BCUT2D eigenvalue weighted by Gasteiger charge is 2.51. The van der Waals surface area contributed by atoms with E-state index in [9.17, 15) is 18.3 Å². The maximum Gasteiger partial charge on any atom is 0.428 e. The summed E-state index contributed by atoms with van der Waals surface area (Å²) in [5.41, 5.74) is -1.03. The SMILES string of the molecule is CC(C)(O)C(Oc1ccc(-c2nccs2)c2oc(N3CC4CC(C3)N4)nc12)C(F)(F)F. The van der Waals surface area contributed by atoms with Gasteiger partial charge in [-0.05, 0) is 32.4 Å². The van der Waals surface area contributed by atoms with Gasteiger partial charge >= 0.3 is 6.18 Å². The summed E-state index contributed by atoms with van der Waals surface area (Å²) in [6, 6.07) is 4.08. The number of benzene rings is 1. The Morgan fingerprint density at radius 2 is 2.00 bits per heavy atom. The largest absolute Gasteiger partial charge is 0.475 e. The molecule has 6 rings (SSSR count). The standard InChI is InChI=1S/C20H21F3N4O3S/c1-19(2,28)17(20(21,22)23)29-13-4-3-12(16-24-5-6-31-16)15-14(13)26-18(30-15)27-8-10-7-11(9-27)25-10/h3-6,10-11,17,25,28H,7-9H2,1-2H3. The van der Waals surface area contributed by atoms with Crippen molar-refractivity contribution in [1.29, 1.82) is 0 Å². The van der Waals surface area contributed by atoms with Gasteiger partial charge in [0.2, 0.25) is 6.10 Å². The lowest BCUT2D eigenvalue weighted by Gasteiger charge is -2.47. The minimum absolute atomic E-state index is 0.102. The quantitative estimate of drug-likeness (QED) is 0.610. The van der Waals surface area contributed by atoms with Gasteiger partial charge in [0.1, 0.15) is 16.4 Å². The van der Waals surface area contributed by atoms with E-state index in [1.54, 1.807) is 17.6 Å². The number of anilines is 1. The van der Waals surface area contributed by atoms with Crippen LogP contribution in [0, 0.1) is 0 Å². The molecule has 2 aromatic heterocycles. The fraction of sp³-hybridized carbons (Fsp3) is 0.500. The van der Waals surface area contributed by atoms with E-state index in [-0.39, 0.29) is 11.3 Å². The number of hydrogen-bond donors (Lipinski definition) is 2. The maximum atomic E-state index is 13.6. The summed E-state index contributed by atoms with van der Waals surface area (Å²) >= 11 is 1.39. The van der Waals surface area contributed by atoms with Crippen LogP contribution in [0.4, 0.5) is 19.2 Å². The van der Waals surface area contributed by atoms with Crippen molar-refractivity contribution in [3.05, 3.63) is 23.7 Å². The van der Waals surface area contributed by atoms with Crippen LogP contribution in [-0.2, 0) is 0 Å². The van der Waals surface area contributed by atoms with E-state index in [4.69, 9.17) is 9.15 Å². The van der Waals surface area contributed by atoms with Crippen LogP contribution < -0.4 is 15.0 Å². The number of nitrogens with one attached hydrogen (secondary N) is 1. The molecule has 3 atom stereocenters. The number of piperidine rings is 1. The number of halogens is 3. The Bertz CT molecular complexity index is 1060. The van der Waals surface area contributed by atoms with Gasteiger partial charge in [-0.25, -0.2) is 4.98 Å². The van der Waals surface area contributed by atoms with E-state index in [0.29, 0.717) is 47.3 Å². The highest BCUT2D eigenvalue weighted by Crippen LogP contribution is 2.41. The third-order valence-corrected chi connectivity index (χ3v) is 6.34.